The normalized spacial score (nSPS) is 18.6. The van der Waals surface area contributed by atoms with E-state index in [0.29, 0.717) is 13.2 Å². The second kappa shape index (κ2) is 7.80. The van der Waals surface area contributed by atoms with Gasteiger partial charge in [-0.3, -0.25) is 0 Å². The van der Waals surface area contributed by atoms with Crippen LogP contribution >= 0.6 is 0 Å². The summed E-state index contributed by atoms with van der Waals surface area (Å²) in [4.78, 5) is 22.5. The maximum atomic E-state index is 11.3. The monoisotopic (exact) mass is 452 g/mol. The van der Waals surface area contributed by atoms with E-state index in [1.807, 2.05) is 24.3 Å². The van der Waals surface area contributed by atoms with Gasteiger partial charge in [0.1, 0.15) is 12.2 Å². The second-order valence-corrected chi connectivity index (χ2v) is 8.69. The van der Waals surface area contributed by atoms with Crippen LogP contribution in [0.2, 0.25) is 0 Å². The molecule has 4 aromatic carbocycles. The van der Waals surface area contributed by atoms with Crippen LogP contribution < -0.4 is 0 Å². The van der Waals surface area contributed by atoms with E-state index in [9.17, 15) is 19.8 Å². The first-order valence-electron chi connectivity index (χ1n) is 11.0. The molecule has 2 atom stereocenters. The third kappa shape index (κ3) is 3.36. The van der Waals surface area contributed by atoms with E-state index in [-0.39, 0.29) is 23.3 Å². The quantitative estimate of drug-likeness (QED) is 0.426. The number of carboxylic acid groups (broad SMARTS) is 2. The Bertz CT molecular complexity index is 1380. The fourth-order valence-corrected chi connectivity index (χ4v) is 4.93. The molecule has 2 heterocycles. The van der Waals surface area contributed by atoms with Crippen LogP contribution in [0.25, 0.3) is 10.8 Å². The first kappa shape index (κ1) is 20.6. The van der Waals surface area contributed by atoms with Gasteiger partial charge in [0.05, 0.1) is 24.3 Å². The van der Waals surface area contributed by atoms with Gasteiger partial charge in [-0.25, -0.2) is 9.59 Å². The molecule has 6 rings (SSSR count). The molecule has 2 unspecified atom stereocenters. The minimum absolute atomic E-state index is 0.226. The molecule has 0 saturated heterocycles. The SMILES string of the molecule is O=C(O)c1ccc2c(c1)COC2c1ccc2cc(C3OCc4cc(C(=O)O)ccc43)ccc2c1. The third-order valence-corrected chi connectivity index (χ3v) is 6.65. The van der Waals surface area contributed by atoms with Crippen molar-refractivity contribution < 1.29 is 29.3 Å². The minimum atomic E-state index is -0.941. The number of benzene rings is 4. The summed E-state index contributed by atoms with van der Waals surface area (Å²) in [6.07, 6.45) is -0.453. The molecule has 2 aliphatic heterocycles. The Morgan fingerprint density at radius 1 is 0.618 bits per heavy atom. The average molecular weight is 452 g/mol. The maximum absolute atomic E-state index is 11.3. The zero-order chi connectivity index (χ0) is 23.4. The molecule has 34 heavy (non-hydrogen) atoms. The highest BCUT2D eigenvalue weighted by atomic mass is 16.5. The number of hydrogen-bond acceptors (Lipinski definition) is 4. The Morgan fingerprint density at radius 2 is 1.06 bits per heavy atom. The number of carboxylic acids is 2. The van der Waals surface area contributed by atoms with E-state index in [1.54, 1.807) is 24.3 Å². The topological polar surface area (TPSA) is 93.1 Å². The second-order valence-electron chi connectivity index (χ2n) is 8.69. The van der Waals surface area contributed by atoms with Gasteiger partial charge < -0.3 is 19.7 Å². The van der Waals surface area contributed by atoms with Crippen molar-refractivity contribution in [2.45, 2.75) is 25.4 Å². The van der Waals surface area contributed by atoms with Gasteiger partial charge in [0.2, 0.25) is 0 Å². The van der Waals surface area contributed by atoms with Crippen molar-refractivity contribution in [1.29, 1.82) is 0 Å². The highest BCUT2D eigenvalue weighted by Gasteiger charge is 2.28. The summed E-state index contributed by atoms with van der Waals surface area (Å²) >= 11 is 0. The Labute approximate surface area is 195 Å². The molecule has 4 aromatic rings. The highest BCUT2D eigenvalue weighted by Crippen LogP contribution is 2.39. The predicted octanol–water partition coefficient (Wildman–Crippen LogP) is 5.48. The van der Waals surface area contributed by atoms with Crippen molar-refractivity contribution in [3.05, 3.63) is 117 Å². The molecule has 0 aromatic heterocycles. The van der Waals surface area contributed by atoms with Gasteiger partial charge in [-0.1, -0.05) is 36.4 Å². The molecule has 6 heteroatoms. The lowest BCUT2D eigenvalue weighted by atomic mass is 9.93. The van der Waals surface area contributed by atoms with E-state index in [4.69, 9.17) is 9.47 Å². The molecule has 0 fully saturated rings. The minimum Gasteiger partial charge on any atom is -0.478 e. The van der Waals surface area contributed by atoms with Crippen LogP contribution in [0.1, 0.15) is 66.3 Å². The summed E-state index contributed by atoms with van der Waals surface area (Å²) in [6, 6.07) is 22.7. The van der Waals surface area contributed by atoms with Crippen molar-refractivity contribution in [1.82, 2.24) is 0 Å². The van der Waals surface area contributed by atoms with Crippen molar-refractivity contribution >= 4 is 22.7 Å². The number of carbonyl (C=O) groups is 2. The Balaban J connectivity index is 1.30. The molecule has 0 aliphatic carbocycles. The maximum Gasteiger partial charge on any atom is 0.335 e. The van der Waals surface area contributed by atoms with Crippen LogP contribution in [0.5, 0.6) is 0 Å². The summed E-state index contributed by atoms with van der Waals surface area (Å²) in [7, 11) is 0. The summed E-state index contributed by atoms with van der Waals surface area (Å²) in [5.41, 5.74) is 6.38. The first-order chi connectivity index (χ1) is 16.5. The van der Waals surface area contributed by atoms with Gasteiger partial charge >= 0.3 is 11.9 Å². The summed E-state index contributed by atoms with van der Waals surface area (Å²) < 4.78 is 12.0. The molecule has 0 saturated carbocycles. The van der Waals surface area contributed by atoms with Crippen molar-refractivity contribution in [2.75, 3.05) is 0 Å². The van der Waals surface area contributed by atoms with Crippen molar-refractivity contribution in [3.8, 4) is 0 Å². The fourth-order valence-electron chi connectivity index (χ4n) is 4.93. The lowest BCUT2D eigenvalue weighted by Crippen LogP contribution is -2.01. The number of aromatic carboxylic acids is 2. The van der Waals surface area contributed by atoms with Crippen molar-refractivity contribution in [3.63, 3.8) is 0 Å². The lowest BCUT2D eigenvalue weighted by molar-refractivity contribution is 0.0685. The van der Waals surface area contributed by atoms with Crippen LogP contribution in [-0.4, -0.2) is 22.2 Å². The fraction of sp³-hybridized carbons (Fsp3) is 0.143. The molecule has 6 nitrogen and oxygen atoms in total. The molecular formula is C28H20O6. The number of hydrogen-bond donors (Lipinski definition) is 2. The molecule has 2 N–H and O–H groups in total. The van der Waals surface area contributed by atoms with Crippen LogP contribution in [0.3, 0.4) is 0 Å². The Morgan fingerprint density at radius 3 is 1.47 bits per heavy atom. The molecule has 0 amide bonds. The Hall–Kier alpha value is -4.00. The molecular weight excluding hydrogens is 432 g/mol. The van der Waals surface area contributed by atoms with Crippen molar-refractivity contribution in [2.24, 2.45) is 0 Å². The lowest BCUT2D eigenvalue weighted by Gasteiger charge is -2.15. The van der Waals surface area contributed by atoms with Gasteiger partial charge in [-0.05, 0) is 80.6 Å². The average Bonchev–Trinajstić information content (AvgIpc) is 3.46. The van der Waals surface area contributed by atoms with Crippen LogP contribution in [0, 0.1) is 0 Å². The van der Waals surface area contributed by atoms with E-state index >= 15 is 0 Å². The van der Waals surface area contributed by atoms with Crippen LogP contribution in [0.15, 0.2) is 72.8 Å². The number of fused-ring (bicyclic) bond motifs is 3. The molecule has 2 aliphatic rings. The smallest absolute Gasteiger partial charge is 0.335 e. The molecule has 0 spiro atoms. The first-order valence-corrected chi connectivity index (χ1v) is 11.0. The standard InChI is InChI=1S/C28H20O6/c29-27(30)19-5-7-23-21(11-19)13-33-25(23)17-3-1-15-9-18(4-2-16(15)10-17)26-24-8-6-20(28(31)32)12-22(24)14-34-26/h1-12,25-26H,13-14H2,(H,29,30)(H,31,32). The highest BCUT2D eigenvalue weighted by molar-refractivity contribution is 5.89. The van der Waals surface area contributed by atoms with E-state index < -0.39 is 11.9 Å². The zero-order valence-electron chi connectivity index (χ0n) is 18.0. The predicted molar refractivity (Wildman–Crippen MR) is 124 cm³/mol. The summed E-state index contributed by atoms with van der Waals surface area (Å²) in [5.74, 6) is -1.88. The summed E-state index contributed by atoms with van der Waals surface area (Å²) in [5, 5.41) is 20.6. The summed E-state index contributed by atoms with van der Waals surface area (Å²) in [6.45, 7) is 0.778. The molecule has 0 bridgehead atoms. The van der Waals surface area contributed by atoms with Gasteiger partial charge in [0.25, 0.3) is 0 Å². The van der Waals surface area contributed by atoms with Gasteiger partial charge in [-0.2, -0.15) is 0 Å². The molecule has 0 radical (unpaired) electrons. The van der Waals surface area contributed by atoms with Crippen LogP contribution in [0.4, 0.5) is 0 Å². The van der Waals surface area contributed by atoms with Gasteiger partial charge in [-0.15, -0.1) is 0 Å². The number of rotatable bonds is 4. The molecule has 168 valence electrons. The van der Waals surface area contributed by atoms with E-state index in [2.05, 4.69) is 24.3 Å². The van der Waals surface area contributed by atoms with Crippen LogP contribution in [-0.2, 0) is 22.7 Å². The zero-order valence-corrected chi connectivity index (χ0v) is 18.0. The third-order valence-electron chi connectivity index (χ3n) is 6.65. The Kier molecular flexibility index (Phi) is 4.72. The van der Waals surface area contributed by atoms with E-state index in [1.165, 1.54) is 0 Å². The number of ether oxygens (including phenoxy) is 2. The largest absolute Gasteiger partial charge is 0.478 e. The van der Waals surface area contributed by atoms with Gasteiger partial charge in [0.15, 0.2) is 0 Å². The van der Waals surface area contributed by atoms with Gasteiger partial charge in [0, 0.05) is 0 Å². The van der Waals surface area contributed by atoms with E-state index in [0.717, 1.165) is 44.2 Å².